The van der Waals surface area contributed by atoms with Crippen molar-refractivity contribution in [1.82, 2.24) is 0 Å². The summed E-state index contributed by atoms with van der Waals surface area (Å²) in [6.07, 6.45) is 2.11. The lowest BCUT2D eigenvalue weighted by molar-refractivity contribution is 0.293. The van der Waals surface area contributed by atoms with Crippen molar-refractivity contribution >= 4 is 10.0 Å². The van der Waals surface area contributed by atoms with E-state index < -0.39 is 10.0 Å². The van der Waals surface area contributed by atoms with Crippen LogP contribution in [0.3, 0.4) is 0 Å². The molecular weight excluding hydrogens is 274 g/mol. The van der Waals surface area contributed by atoms with Crippen LogP contribution in [0.4, 0.5) is 0 Å². The summed E-state index contributed by atoms with van der Waals surface area (Å²) in [4.78, 5) is 0.182. The van der Waals surface area contributed by atoms with Gasteiger partial charge in [0.05, 0.1) is 11.5 Å². The molecule has 0 bridgehead atoms. The monoisotopic (exact) mass is 299 g/mol. The first kappa shape index (κ1) is 17.0. The summed E-state index contributed by atoms with van der Waals surface area (Å²) >= 11 is 0. The summed E-state index contributed by atoms with van der Waals surface area (Å²) in [6, 6.07) is 1.59. The lowest BCUT2D eigenvalue weighted by Crippen LogP contribution is -2.15. The van der Waals surface area contributed by atoms with E-state index in [1.165, 1.54) is 0 Å². The number of primary sulfonamides is 1. The minimum atomic E-state index is -3.69. The van der Waals surface area contributed by atoms with Crippen LogP contribution in [0, 0.1) is 26.7 Å². The number of nitrogens with two attached hydrogens (primary N) is 1. The Bertz CT molecular complexity index is 577. The third-order valence-corrected chi connectivity index (χ3v) is 4.49. The van der Waals surface area contributed by atoms with E-state index in [0.29, 0.717) is 18.1 Å². The van der Waals surface area contributed by atoms with Crippen LogP contribution < -0.4 is 9.88 Å². The Morgan fingerprint density at radius 1 is 1.20 bits per heavy atom. The average molecular weight is 299 g/mol. The normalized spacial score (nSPS) is 11.9. The molecule has 0 aromatic heterocycles. The number of benzene rings is 1. The Morgan fingerprint density at radius 2 is 1.80 bits per heavy atom. The second-order valence-electron chi connectivity index (χ2n) is 5.70. The highest BCUT2D eigenvalue weighted by Crippen LogP contribution is 2.30. The summed E-state index contributed by atoms with van der Waals surface area (Å²) < 4.78 is 28.9. The molecular formula is C15H25NO3S. The maximum Gasteiger partial charge on any atom is 0.238 e. The largest absolute Gasteiger partial charge is 0.493 e. The van der Waals surface area contributed by atoms with Crippen molar-refractivity contribution in [3.63, 3.8) is 0 Å². The number of rotatable bonds is 6. The van der Waals surface area contributed by atoms with Crippen molar-refractivity contribution in [2.24, 2.45) is 11.1 Å². The van der Waals surface area contributed by atoms with E-state index in [9.17, 15) is 8.42 Å². The van der Waals surface area contributed by atoms with Crippen LogP contribution >= 0.6 is 0 Å². The zero-order valence-electron chi connectivity index (χ0n) is 13.0. The van der Waals surface area contributed by atoms with Gasteiger partial charge < -0.3 is 4.74 Å². The molecule has 0 atom stereocenters. The van der Waals surface area contributed by atoms with Crippen LogP contribution in [-0.2, 0) is 10.0 Å². The summed E-state index contributed by atoms with van der Waals surface area (Å²) in [5, 5.41) is 5.23. The van der Waals surface area contributed by atoms with Gasteiger partial charge in [-0.05, 0) is 62.3 Å². The van der Waals surface area contributed by atoms with Gasteiger partial charge in [-0.15, -0.1) is 0 Å². The highest BCUT2D eigenvalue weighted by Gasteiger charge is 2.18. The predicted octanol–water partition coefficient (Wildman–Crippen LogP) is 3.07. The molecule has 2 N–H and O–H groups in total. The number of hydrogen-bond acceptors (Lipinski definition) is 3. The average Bonchev–Trinajstić information content (AvgIpc) is 2.31. The molecule has 20 heavy (non-hydrogen) atoms. The Hall–Kier alpha value is -1.07. The maximum atomic E-state index is 11.5. The lowest BCUT2D eigenvalue weighted by Gasteiger charge is -2.17. The number of aryl methyl sites for hydroxylation is 1. The molecule has 0 amide bonds. The van der Waals surface area contributed by atoms with Gasteiger partial charge >= 0.3 is 0 Å². The Balaban J connectivity index is 2.97. The lowest BCUT2D eigenvalue weighted by atomic mass is 10.0. The first-order valence-electron chi connectivity index (χ1n) is 6.91. The van der Waals surface area contributed by atoms with E-state index in [2.05, 4.69) is 13.8 Å². The van der Waals surface area contributed by atoms with Crippen LogP contribution in [0.2, 0.25) is 0 Å². The van der Waals surface area contributed by atoms with E-state index in [1.54, 1.807) is 13.0 Å². The van der Waals surface area contributed by atoms with E-state index >= 15 is 0 Å². The molecule has 1 aromatic carbocycles. The van der Waals surface area contributed by atoms with Crippen LogP contribution in [0.5, 0.6) is 5.75 Å². The Morgan fingerprint density at radius 3 is 2.30 bits per heavy atom. The van der Waals surface area contributed by atoms with E-state index in [4.69, 9.17) is 9.88 Å². The van der Waals surface area contributed by atoms with Gasteiger partial charge in [-0.3, -0.25) is 0 Å². The Kier molecular flexibility index (Phi) is 5.59. The molecule has 114 valence electrons. The van der Waals surface area contributed by atoms with Crippen molar-refractivity contribution in [3.8, 4) is 5.75 Å². The molecule has 0 saturated heterocycles. The molecule has 0 fully saturated rings. The summed E-state index contributed by atoms with van der Waals surface area (Å²) in [6.45, 7) is 10.5. The van der Waals surface area contributed by atoms with Crippen LogP contribution in [0.25, 0.3) is 0 Å². The summed E-state index contributed by atoms with van der Waals surface area (Å²) in [7, 11) is -3.69. The Labute approximate surface area is 122 Å². The minimum Gasteiger partial charge on any atom is -0.493 e. The predicted molar refractivity (Wildman–Crippen MR) is 81.6 cm³/mol. The fourth-order valence-electron chi connectivity index (χ4n) is 2.20. The third-order valence-electron chi connectivity index (χ3n) is 3.46. The molecule has 4 nitrogen and oxygen atoms in total. The molecule has 1 aromatic rings. The van der Waals surface area contributed by atoms with Gasteiger partial charge in [-0.1, -0.05) is 13.8 Å². The fourth-order valence-corrected chi connectivity index (χ4v) is 3.13. The minimum absolute atomic E-state index is 0.182. The smallest absolute Gasteiger partial charge is 0.238 e. The zero-order chi connectivity index (χ0) is 15.5. The SMILES string of the molecule is Cc1cc(S(N)(=O)=O)c(C)c(C)c1OCCCC(C)C. The van der Waals surface area contributed by atoms with Gasteiger partial charge in [0.1, 0.15) is 5.75 Å². The van der Waals surface area contributed by atoms with Crippen LogP contribution in [-0.4, -0.2) is 15.0 Å². The molecule has 0 spiro atoms. The van der Waals surface area contributed by atoms with Crippen molar-refractivity contribution in [2.45, 2.75) is 52.4 Å². The first-order valence-corrected chi connectivity index (χ1v) is 8.45. The molecule has 0 unspecified atom stereocenters. The second kappa shape index (κ2) is 6.59. The van der Waals surface area contributed by atoms with Crippen molar-refractivity contribution in [1.29, 1.82) is 0 Å². The van der Waals surface area contributed by atoms with Crippen LogP contribution in [0.1, 0.15) is 43.4 Å². The summed E-state index contributed by atoms with van der Waals surface area (Å²) in [5.41, 5.74) is 2.32. The highest BCUT2D eigenvalue weighted by atomic mass is 32.2. The number of sulfonamides is 1. The standard InChI is InChI=1S/C15H25NO3S/c1-10(2)7-6-8-19-15-11(3)9-14(20(16,17)18)12(4)13(15)5/h9-10H,6-8H2,1-5H3,(H2,16,17,18). The fraction of sp³-hybridized carbons (Fsp3) is 0.600. The van der Waals surface area contributed by atoms with Gasteiger partial charge in [0, 0.05) is 0 Å². The van der Waals surface area contributed by atoms with Gasteiger partial charge in [0.15, 0.2) is 0 Å². The van der Waals surface area contributed by atoms with Crippen LogP contribution in [0.15, 0.2) is 11.0 Å². The van der Waals surface area contributed by atoms with Gasteiger partial charge in [-0.2, -0.15) is 0 Å². The second-order valence-corrected chi connectivity index (χ2v) is 7.23. The molecule has 0 saturated carbocycles. The van der Waals surface area contributed by atoms with Crippen molar-refractivity contribution in [3.05, 3.63) is 22.8 Å². The molecule has 0 aliphatic heterocycles. The van der Waals surface area contributed by atoms with E-state index in [-0.39, 0.29) is 4.90 Å². The third kappa shape index (κ3) is 4.21. The van der Waals surface area contributed by atoms with Gasteiger partial charge in [0.25, 0.3) is 0 Å². The van der Waals surface area contributed by atoms with Crippen molar-refractivity contribution in [2.75, 3.05) is 6.61 Å². The number of hydrogen-bond donors (Lipinski definition) is 1. The molecule has 5 heteroatoms. The maximum absolute atomic E-state index is 11.5. The van der Waals surface area contributed by atoms with Gasteiger partial charge in [-0.25, -0.2) is 13.6 Å². The quantitative estimate of drug-likeness (QED) is 0.821. The molecule has 1 rings (SSSR count). The summed E-state index contributed by atoms with van der Waals surface area (Å²) in [5.74, 6) is 1.44. The topological polar surface area (TPSA) is 69.4 Å². The van der Waals surface area contributed by atoms with Crippen molar-refractivity contribution < 1.29 is 13.2 Å². The van der Waals surface area contributed by atoms with E-state index in [0.717, 1.165) is 29.7 Å². The molecule has 0 radical (unpaired) electrons. The number of ether oxygens (including phenoxy) is 1. The highest BCUT2D eigenvalue weighted by molar-refractivity contribution is 7.89. The van der Waals surface area contributed by atoms with E-state index in [1.807, 2.05) is 13.8 Å². The molecule has 0 aliphatic rings. The first-order chi connectivity index (χ1) is 9.14. The zero-order valence-corrected chi connectivity index (χ0v) is 13.8. The van der Waals surface area contributed by atoms with Gasteiger partial charge in [0.2, 0.25) is 10.0 Å². The molecule has 0 heterocycles. The molecule has 0 aliphatic carbocycles.